The molecule has 0 saturated carbocycles. The maximum Gasteiger partial charge on any atom is 0.256 e. The van der Waals surface area contributed by atoms with E-state index in [-0.39, 0.29) is 20.1 Å². The van der Waals surface area contributed by atoms with Crippen molar-refractivity contribution >= 4 is 127 Å². The van der Waals surface area contributed by atoms with Crippen molar-refractivity contribution in [3.05, 3.63) is 197 Å². The molecule has 0 bridgehead atoms. The second-order valence-corrected chi connectivity index (χ2v) is 23.7. The quantitative estimate of drug-likeness (QED) is 0.135. The first-order valence-corrected chi connectivity index (χ1v) is 29.7. The van der Waals surface area contributed by atoms with Gasteiger partial charge < -0.3 is 19.5 Å². The molecule has 0 saturated heterocycles. The van der Waals surface area contributed by atoms with Crippen LogP contribution in [0, 0.1) is 41.5 Å². The Bertz CT molecular complexity index is 4330. The van der Waals surface area contributed by atoms with Crippen LogP contribution >= 0.6 is 23.9 Å². The predicted octanol–water partition coefficient (Wildman–Crippen LogP) is 11.9. The van der Waals surface area contributed by atoms with Crippen molar-refractivity contribution in [2.45, 2.75) is 41.5 Å². The standard InChI is InChI=1S/C68H52B3N3O3S2/c1-36-16-13-17-37(2)63(36)42-26-52-66-60(29-42)75-57-24-11-9-22-45(57)69(66)47-32-48-53(34-51(47)72-52)73(78-7)56-28-44(65-40(5)20-15-21-41(65)6)31-62-68(56)71(48)50-33-49-54(35-59(50)77-62)74(79-8)55-27-43(64-38(3)18-14-19-39(64)4)30-61-67(55)70(49)46-23-10-12-25-58(46)76-61/h9-35,72H,1-8H3. The summed E-state index contributed by atoms with van der Waals surface area (Å²) in [7, 11) is 0. The normalized spacial score (nSPS) is 13.9. The molecule has 1 N–H and O–H groups in total. The third-order valence-corrected chi connectivity index (χ3v) is 19.3. The number of fused-ring (bicyclic) bond motifs is 12. The molecule has 0 unspecified atom stereocenters. The third-order valence-electron chi connectivity index (χ3n) is 17.8. The third kappa shape index (κ3) is 6.66. The fourth-order valence-corrected chi connectivity index (χ4v) is 16.0. The van der Waals surface area contributed by atoms with Crippen molar-refractivity contribution in [2.24, 2.45) is 0 Å². The van der Waals surface area contributed by atoms with Crippen LogP contribution < -0.4 is 77.3 Å². The lowest BCUT2D eigenvalue weighted by Crippen LogP contribution is -2.64. The van der Waals surface area contributed by atoms with Crippen molar-refractivity contribution in [3.63, 3.8) is 0 Å². The minimum absolute atomic E-state index is 0.0708. The number of nitrogens with one attached hydrogen (secondary N) is 1. The molecule has 6 aliphatic heterocycles. The Morgan fingerprint density at radius 3 is 1.23 bits per heavy atom. The van der Waals surface area contributed by atoms with Crippen molar-refractivity contribution < 1.29 is 14.2 Å². The largest absolute Gasteiger partial charge is 0.458 e. The van der Waals surface area contributed by atoms with Gasteiger partial charge in [0.25, 0.3) is 20.1 Å². The van der Waals surface area contributed by atoms with Gasteiger partial charge in [0.1, 0.15) is 34.5 Å². The van der Waals surface area contributed by atoms with Gasteiger partial charge >= 0.3 is 0 Å². The molecule has 0 radical (unpaired) electrons. The van der Waals surface area contributed by atoms with E-state index < -0.39 is 0 Å². The average Bonchev–Trinajstić information content (AvgIpc) is 2.82. The molecule has 0 spiro atoms. The van der Waals surface area contributed by atoms with Crippen LogP contribution in [-0.2, 0) is 0 Å². The highest BCUT2D eigenvalue weighted by Gasteiger charge is 2.49. The molecule has 16 rings (SSSR count). The van der Waals surface area contributed by atoms with Crippen LogP contribution in [0.3, 0.4) is 0 Å². The van der Waals surface area contributed by atoms with Gasteiger partial charge in [0.15, 0.2) is 0 Å². The first kappa shape index (κ1) is 46.9. The summed E-state index contributed by atoms with van der Waals surface area (Å²) in [6, 6.07) is 60.9. The molecule has 11 heteroatoms. The second-order valence-electron chi connectivity index (χ2n) is 22.3. The zero-order valence-electron chi connectivity index (χ0n) is 45.3. The van der Waals surface area contributed by atoms with Crippen LogP contribution in [0.2, 0.25) is 0 Å². The zero-order valence-corrected chi connectivity index (χ0v) is 46.9. The van der Waals surface area contributed by atoms with Gasteiger partial charge in [-0.15, -0.1) is 0 Å². The summed E-state index contributed by atoms with van der Waals surface area (Å²) in [5, 5.41) is 4.06. The number of hydrogen-bond donors (Lipinski definition) is 1. The lowest BCUT2D eigenvalue weighted by Gasteiger charge is -2.43. The molecule has 6 aliphatic rings. The minimum Gasteiger partial charge on any atom is -0.458 e. The van der Waals surface area contributed by atoms with E-state index in [9.17, 15) is 0 Å². The van der Waals surface area contributed by atoms with E-state index in [1.165, 1.54) is 93.8 Å². The number of aryl methyl sites for hydroxylation is 6. The number of hydrogen-bond acceptors (Lipinski definition) is 8. The lowest BCUT2D eigenvalue weighted by atomic mass is 9.29. The molecule has 0 atom stereocenters. The van der Waals surface area contributed by atoms with Gasteiger partial charge in [0, 0.05) is 35.6 Å². The van der Waals surface area contributed by atoms with Gasteiger partial charge in [0.2, 0.25) is 0 Å². The van der Waals surface area contributed by atoms with E-state index in [0.717, 1.165) is 90.8 Å². The Morgan fingerprint density at radius 2 is 0.734 bits per heavy atom. The summed E-state index contributed by atoms with van der Waals surface area (Å²) in [5.41, 5.74) is 32.1. The van der Waals surface area contributed by atoms with E-state index in [0.29, 0.717) is 0 Å². The predicted molar refractivity (Wildman–Crippen MR) is 339 cm³/mol. The summed E-state index contributed by atoms with van der Waals surface area (Å²) < 4.78 is 26.4. The van der Waals surface area contributed by atoms with Gasteiger partial charge in [-0.3, -0.25) is 8.61 Å². The summed E-state index contributed by atoms with van der Waals surface area (Å²) >= 11 is 3.48. The number of anilines is 6. The van der Waals surface area contributed by atoms with Gasteiger partial charge in [-0.1, -0.05) is 103 Å². The van der Waals surface area contributed by atoms with E-state index >= 15 is 0 Å². The first-order chi connectivity index (χ1) is 38.5. The molecule has 0 aromatic heterocycles. The van der Waals surface area contributed by atoms with Crippen LogP contribution in [0.25, 0.3) is 33.4 Å². The molecule has 6 nitrogen and oxygen atoms in total. The van der Waals surface area contributed by atoms with Crippen LogP contribution in [0.5, 0.6) is 34.5 Å². The van der Waals surface area contributed by atoms with Crippen molar-refractivity contribution in [1.29, 1.82) is 0 Å². The highest BCUT2D eigenvalue weighted by Crippen LogP contribution is 2.48. The monoisotopic (exact) mass is 1060 g/mol. The summed E-state index contributed by atoms with van der Waals surface area (Å²) in [6.45, 7) is 13.0. The molecule has 10 aromatic carbocycles. The van der Waals surface area contributed by atoms with Crippen molar-refractivity contribution in [2.75, 3.05) is 26.4 Å². The van der Waals surface area contributed by atoms with Gasteiger partial charge in [-0.25, -0.2) is 0 Å². The van der Waals surface area contributed by atoms with E-state index in [2.05, 4.69) is 232 Å². The number of para-hydroxylation sites is 2. The number of ether oxygens (including phenoxy) is 3. The Balaban J connectivity index is 0.950. The molecule has 0 aliphatic carbocycles. The van der Waals surface area contributed by atoms with Gasteiger partial charge in [0.05, 0.1) is 17.1 Å². The molecular formula is C68H52B3N3O3S2. The van der Waals surface area contributed by atoms with Gasteiger partial charge in [-0.2, -0.15) is 0 Å². The molecule has 0 fully saturated rings. The summed E-state index contributed by atoms with van der Waals surface area (Å²) in [6.07, 6.45) is 4.39. The molecule has 0 amide bonds. The maximum absolute atomic E-state index is 7.53. The maximum atomic E-state index is 7.53. The molecule has 378 valence electrons. The second kappa shape index (κ2) is 17.2. The van der Waals surface area contributed by atoms with Crippen LogP contribution in [0.1, 0.15) is 33.4 Å². The van der Waals surface area contributed by atoms with E-state index in [4.69, 9.17) is 14.2 Å². The molecule has 6 heterocycles. The highest BCUT2D eigenvalue weighted by molar-refractivity contribution is 8.00. The molecular weight excluding hydrogens is 1000 g/mol. The first-order valence-electron chi connectivity index (χ1n) is 27.3. The Hall–Kier alpha value is -8.11. The average molecular weight is 1060 g/mol. The van der Waals surface area contributed by atoms with E-state index in [1.54, 1.807) is 23.9 Å². The molecule has 79 heavy (non-hydrogen) atoms. The van der Waals surface area contributed by atoms with Gasteiger partial charge in [-0.05, 0) is 236 Å². The summed E-state index contributed by atoms with van der Waals surface area (Å²) in [5.74, 6) is 5.35. The SMILES string of the molecule is CSN1c2cc3c(cc2B2c4cc5c(cc4Oc4cc(-c6c(C)cccc6C)cc1c42)N(SC)c1cc(-c2c(C)cccc2C)cc2c1B5c1ccccc1O2)B1c2ccccc2Oc2cc(-c4c(C)cccc4C)cc(c21)N3. The van der Waals surface area contributed by atoms with Crippen molar-refractivity contribution in [3.8, 4) is 67.9 Å². The van der Waals surface area contributed by atoms with Crippen molar-refractivity contribution in [1.82, 2.24) is 0 Å². The fourth-order valence-electron chi connectivity index (χ4n) is 14.6. The highest BCUT2D eigenvalue weighted by atomic mass is 32.2. The Labute approximate surface area is 471 Å². The van der Waals surface area contributed by atoms with Crippen LogP contribution in [-0.4, -0.2) is 32.6 Å². The Morgan fingerprint density at radius 1 is 0.329 bits per heavy atom. The minimum atomic E-state index is -0.165. The van der Waals surface area contributed by atoms with Crippen LogP contribution in [0.15, 0.2) is 164 Å². The summed E-state index contributed by atoms with van der Waals surface area (Å²) in [4.78, 5) is 0. The number of nitrogens with zero attached hydrogens (tertiary/aromatic N) is 2. The molecule has 10 aromatic rings. The number of rotatable bonds is 5. The zero-order chi connectivity index (χ0) is 53.3. The lowest BCUT2D eigenvalue weighted by molar-refractivity contribution is 0.487. The fraction of sp³-hybridized carbons (Fsp3) is 0.118. The van der Waals surface area contributed by atoms with E-state index in [1.807, 2.05) is 0 Å². The number of benzene rings is 10. The topological polar surface area (TPSA) is 46.2 Å². The smallest absolute Gasteiger partial charge is 0.256 e. The Kier molecular flexibility index (Phi) is 10.2. The van der Waals surface area contributed by atoms with Crippen LogP contribution in [0.4, 0.5) is 34.1 Å².